The lowest BCUT2D eigenvalue weighted by molar-refractivity contribution is -0.120. The molecule has 0 saturated carbocycles. The molecule has 2 unspecified atom stereocenters. The molecule has 3 aliphatic rings. The first-order chi connectivity index (χ1) is 19.2. The summed E-state index contributed by atoms with van der Waals surface area (Å²) in [6.07, 6.45) is 10.1. The number of ether oxygens (including phenoxy) is 2. The normalized spacial score (nSPS) is 21.6. The lowest BCUT2D eigenvalue weighted by atomic mass is 10.0. The zero-order chi connectivity index (χ0) is 28.1. The number of benzene rings is 1. The minimum Gasteiger partial charge on any atom is -0.444 e. The van der Waals surface area contributed by atoms with Crippen molar-refractivity contribution < 1.29 is 19.1 Å². The maximum Gasteiger partial charge on any atom is 0.410 e. The second kappa shape index (κ2) is 12.2. The summed E-state index contributed by atoms with van der Waals surface area (Å²) in [5.41, 5.74) is 2.70. The first kappa shape index (κ1) is 27.8. The molecule has 0 bridgehead atoms. The fraction of sp³-hybridized carbons (Fsp3) is 0.467. The van der Waals surface area contributed by atoms with Crippen LogP contribution < -0.4 is 10.6 Å². The Morgan fingerprint density at radius 1 is 1.07 bits per heavy atom. The zero-order valence-electron chi connectivity index (χ0n) is 23.4. The van der Waals surface area contributed by atoms with Crippen LogP contribution >= 0.6 is 0 Å². The summed E-state index contributed by atoms with van der Waals surface area (Å²) in [5.74, 6) is 0.313. The van der Waals surface area contributed by atoms with Gasteiger partial charge in [0.05, 0.1) is 18.9 Å². The lowest BCUT2D eigenvalue weighted by Gasteiger charge is -2.33. The number of morpholine rings is 1. The van der Waals surface area contributed by atoms with Crippen molar-refractivity contribution in [2.24, 2.45) is 0 Å². The van der Waals surface area contributed by atoms with Crippen molar-refractivity contribution in [3.05, 3.63) is 60.5 Å². The van der Waals surface area contributed by atoms with Gasteiger partial charge >= 0.3 is 6.09 Å². The molecule has 2 saturated heterocycles. The van der Waals surface area contributed by atoms with E-state index in [1.54, 1.807) is 6.20 Å². The van der Waals surface area contributed by atoms with Gasteiger partial charge in [-0.3, -0.25) is 14.6 Å². The molecule has 2 fully saturated rings. The summed E-state index contributed by atoms with van der Waals surface area (Å²) in [6, 6.07) is 9.21. The van der Waals surface area contributed by atoms with E-state index in [1.165, 1.54) is 4.90 Å². The van der Waals surface area contributed by atoms with Crippen LogP contribution in [0.4, 0.5) is 16.4 Å². The standard InChI is InChI=1S/C30H38N6O4/c1-30(2,3)40-29(38)36-16-4-5-26(36)27(37)32-22-8-6-21(7-9-22)25-14-15-31-28(34-25)33-23-10-12-24(13-11-23)35-17-19-39-20-18-35/h6-12,14-15,24,26H,4-5,13,16-20H2,1-3H3,(H,32,37)(H,31,33,34). The van der Waals surface area contributed by atoms with Crippen molar-refractivity contribution in [3.63, 3.8) is 0 Å². The van der Waals surface area contributed by atoms with E-state index in [-0.39, 0.29) is 5.91 Å². The molecule has 10 heteroatoms. The van der Waals surface area contributed by atoms with Crippen molar-refractivity contribution in [3.8, 4) is 11.3 Å². The van der Waals surface area contributed by atoms with Gasteiger partial charge in [-0.05, 0) is 64.3 Å². The number of likely N-dealkylation sites (tertiary alicyclic amines) is 1. The number of hydrogen-bond donors (Lipinski definition) is 2. The van der Waals surface area contributed by atoms with Crippen molar-refractivity contribution >= 4 is 23.6 Å². The fourth-order valence-corrected chi connectivity index (χ4v) is 5.12. The quantitative estimate of drug-likeness (QED) is 0.548. The zero-order valence-corrected chi connectivity index (χ0v) is 23.4. The van der Waals surface area contributed by atoms with Crippen LogP contribution in [0, 0.1) is 0 Å². The van der Waals surface area contributed by atoms with Crippen LogP contribution in [0.15, 0.2) is 60.5 Å². The van der Waals surface area contributed by atoms with Crippen LogP contribution in [0.1, 0.15) is 40.0 Å². The SMILES string of the molecule is CC(C)(C)OC(=O)N1CCCC1C(=O)Nc1ccc(-c2ccnc(NC3=CCC(N4CCOCC4)C=C3)n2)cc1. The minimum absolute atomic E-state index is 0.214. The van der Waals surface area contributed by atoms with Gasteiger partial charge in [-0.25, -0.2) is 14.8 Å². The van der Waals surface area contributed by atoms with Gasteiger partial charge in [-0.2, -0.15) is 0 Å². The van der Waals surface area contributed by atoms with Crippen LogP contribution in [0.3, 0.4) is 0 Å². The number of carbonyl (C=O) groups excluding carboxylic acids is 2. The Morgan fingerprint density at radius 3 is 2.55 bits per heavy atom. The molecule has 1 aromatic carbocycles. The van der Waals surface area contributed by atoms with Crippen LogP contribution in [0.2, 0.25) is 0 Å². The maximum absolute atomic E-state index is 13.0. The molecule has 0 spiro atoms. The van der Waals surface area contributed by atoms with E-state index in [1.807, 2.05) is 51.1 Å². The highest BCUT2D eigenvalue weighted by Gasteiger charge is 2.36. The lowest BCUT2D eigenvalue weighted by Crippen LogP contribution is -2.45. The molecule has 212 valence electrons. The highest BCUT2D eigenvalue weighted by Crippen LogP contribution is 2.25. The Balaban J connectivity index is 1.17. The Hall–Kier alpha value is -3.76. The van der Waals surface area contributed by atoms with E-state index in [0.717, 1.165) is 56.1 Å². The smallest absolute Gasteiger partial charge is 0.410 e. The van der Waals surface area contributed by atoms with Gasteiger partial charge in [0, 0.05) is 48.8 Å². The molecular weight excluding hydrogens is 508 g/mol. The monoisotopic (exact) mass is 546 g/mol. The number of amides is 2. The third-order valence-corrected chi connectivity index (χ3v) is 7.14. The highest BCUT2D eigenvalue weighted by atomic mass is 16.6. The second-order valence-corrected chi connectivity index (χ2v) is 11.3. The molecule has 1 aromatic heterocycles. The summed E-state index contributed by atoms with van der Waals surface area (Å²) >= 11 is 0. The molecule has 5 rings (SSSR count). The number of anilines is 2. The molecule has 10 nitrogen and oxygen atoms in total. The largest absolute Gasteiger partial charge is 0.444 e. The Morgan fingerprint density at radius 2 is 1.85 bits per heavy atom. The molecule has 2 aliphatic heterocycles. The van der Waals surface area contributed by atoms with Crippen LogP contribution in [0.25, 0.3) is 11.3 Å². The van der Waals surface area contributed by atoms with Crippen LogP contribution in [0.5, 0.6) is 0 Å². The van der Waals surface area contributed by atoms with Gasteiger partial charge < -0.3 is 20.1 Å². The molecule has 40 heavy (non-hydrogen) atoms. The third-order valence-electron chi connectivity index (χ3n) is 7.14. The molecule has 0 radical (unpaired) electrons. The number of nitrogens with one attached hydrogen (secondary N) is 2. The van der Waals surface area contributed by atoms with E-state index in [4.69, 9.17) is 9.47 Å². The van der Waals surface area contributed by atoms with Gasteiger partial charge in [0.25, 0.3) is 0 Å². The molecule has 2 aromatic rings. The average Bonchev–Trinajstić information content (AvgIpc) is 3.45. The number of allylic oxidation sites excluding steroid dienone is 1. The number of rotatable bonds is 6. The Kier molecular flexibility index (Phi) is 8.46. The Bertz CT molecular complexity index is 1260. The predicted octanol–water partition coefficient (Wildman–Crippen LogP) is 4.44. The van der Waals surface area contributed by atoms with Crippen molar-refractivity contribution in [2.45, 2.75) is 57.7 Å². The number of nitrogens with zero attached hydrogens (tertiary/aromatic N) is 4. The van der Waals surface area contributed by atoms with Gasteiger partial charge in [0.15, 0.2) is 0 Å². The summed E-state index contributed by atoms with van der Waals surface area (Å²) < 4.78 is 10.9. The molecular formula is C30H38N6O4. The summed E-state index contributed by atoms with van der Waals surface area (Å²) in [7, 11) is 0. The number of carbonyl (C=O) groups is 2. The van der Waals surface area contributed by atoms with Crippen molar-refractivity contribution in [1.29, 1.82) is 0 Å². The van der Waals surface area contributed by atoms with Crippen molar-refractivity contribution in [2.75, 3.05) is 43.5 Å². The van der Waals surface area contributed by atoms with E-state index < -0.39 is 17.7 Å². The van der Waals surface area contributed by atoms with E-state index in [0.29, 0.717) is 30.6 Å². The highest BCUT2D eigenvalue weighted by molar-refractivity contribution is 5.97. The average molecular weight is 547 g/mol. The predicted molar refractivity (Wildman–Crippen MR) is 154 cm³/mol. The molecule has 3 heterocycles. The fourth-order valence-electron chi connectivity index (χ4n) is 5.12. The molecule has 2 atom stereocenters. The summed E-state index contributed by atoms with van der Waals surface area (Å²) in [5, 5.41) is 6.26. The Labute approximate surface area is 235 Å². The van der Waals surface area contributed by atoms with Gasteiger partial charge in [0.2, 0.25) is 11.9 Å². The summed E-state index contributed by atoms with van der Waals surface area (Å²) in [6.45, 7) is 9.48. The van der Waals surface area contributed by atoms with E-state index >= 15 is 0 Å². The topological polar surface area (TPSA) is 109 Å². The van der Waals surface area contributed by atoms with Crippen LogP contribution in [-0.4, -0.2) is 82.3 Å². The van der Waals surface area contributed by atoms with E-state index in [2.05, 4.69) is 43.7 Å². The molecule has 2 amide bonds. The second-order valence-electron chi connectivity index (χ2n) is 11.3. The van der Waals surface area contributed by atoms with Gasteiger partial charge in [-0.15, -0.1) is 0 Å². The number of hydrogen-bond acceptors (Lipinski definition) is 8. The molecule has 2 N–H and O–H groups in total. The summed E-state index contributed by atoms with van der Waals surface area (Å²) in [4.78, 5) is 38.6. The first-order valence-electron chi connectivity index (χ1n) is 14.0. The van der Waals surface area contributed by atoms with Gasteiger partial charge in [0.1, 0.15) is 11.6 Å². The first-order valence-corrected chi connectivity index (χ1v) is 14.0. The molecule has 1 aliphatic carbocycles. The van der Waals surface area contributed by atoms with Gasteiger partial charge in [-0.1, -0.05) is 24.3 Å². The maximum atomic E-state index is 13.0. The minimum atomic E-state index is -0.608. The third kappa shape index (κ3) is 7.05. The van der Waals surface area contributed by atoms with Crippen molar-refractivity contribution in [1.82, 2.24) is 19.8 Å². The van der Waals surface area contributed by atoms with E-state index in [9.17, 15) is 9.59 Å². The number of aromatic nitrogens is 2. The van der Waals surface area contributed by atoms with Crippen LogP contribution in [-0.2, 0) is 14.3 Å².